The molecule has 5 nitrogen and oxygen atoms in total. The molecule has 17 heavy (non-hydrogen) atoms. The minimum absolute atomic E-state index is 0.286. The summed E-state index contributed by atoms with van der Waals surface area (Å²) in [6, 6.07) is 4.61. The molecule has 0 aliphatic rings. The number of hydrogen-bond donors (Lipinski definition) is 2. The molecule has 1 unspecified atom stereocenters. The normalized spacial score (nSPS) is 12.9. The maximum absolute atomic E-state index is 10.7. The average molecular weight is 254 g/mol. The highest BCUT2D eigenvalue weighted by Crippen LogP contribution is 2.23. The van der Waals surface area contributed by atoms with Crippen LogP contribution in [0, 0.1) is 0 Å². The molecule has 1 aromatic carbocycles. The summed E-state index contributed by atoms with van der Waals surface area (Å²) in [7, 11) is 1.79. The van der Waals surface area contributed by atoms with E-state index in [1.807, 2.05) is 18.2 Å². The summed E-state index contributed by atoms with van der Waals surface area (Å²) in [6.45, 7) is 0. The van der Waals surface area contributed by atoms with Crippen molar-refractivity contribution in [2.45, 2.75) is 12.5 Å². The van der Waals surface area contributed by atoms with Crippen molar-refractivity contribution in [3.05, 3.63) is 28.9 Å². The van der Waals surface area contributed by atoms with Gasteiger partial charge in [-0.2, -0.15) is 5.10 Å². The second kappa shape index (κ2) is 4.35. The van der Waals surface area contributed by atoms with Gasteiger partial charge < -0.3 is 10.8 Å². The maximum atomic E-state index is 10.7. The molecule has 0 saturated heterocycles. The third-order valence-electron chi connectivity index (χ3n) is 2.64. The van der Waals surface area contributed by atoms with Crippen molar-refractivity contribution >= 4 is 28.5 Å². The molecule has 0 spiro atoms. The van der Waals surface area contributed by atoms with E-state index in [9.17, 15) is 4.79 Å². The van der Waals surface area contributed by atoms with E-state index in [2.05, 4.69) is 5.10 Å². The predicted molar refractivity (Wildman–Crippen MR) is 65.0 cm³/mol. The molecule has 2 rings (SSSR count). The van der Waals surface area contributed by atoms with Gasteiger partial charge in [0, 0.05) is 12.4 Å². The number of aliphatic carboxylic acids is 1. The molecule has 0 saturated carbocycles. The molecule has 1 atom stereocenters. The Labute approximate surface area is 103 Å². The van der Waals surface area contributed by atoms with E-state index in [4.69, 9.17) is 22.4 Å². The van der Waals surface area contributed by atoms with Crippen molar-refractivity contribution in [1.29, 1.82) is 0 Å². The zero-order valence-electron chi connectivity index (χ0n) is 9.22. The Morgan fingerprint density at radius 1 is 1.65 bits per heavy atom. The monoisotopic (exact) mass is 253 g/mol. The molecule has 0 amide bonds. The van der Waals surface area contributed by atoms with Gasteiger partial charge in [-0.05, 0) is 24.1 Å². The molecule has 0 aliphatic heterocycles. The van der Waals surface area contributed by atoms with Gasteiger partial charge in [-0.25, -0.2) is 0 Å². The van der Waals surface area contributed by atoms with Crippen LogP contribution in [0.5, 0.6) is 0 Å². The summed E-state index contributed by atoms with van der Waals surface area (Å²) in [5.74, 6) is -1.01. The Bertz CT molecular complexity index is 579. The summed E-state index contributed by atoms with van der Waals surface area (Å²) in [5, 5.41) is 14.1. The van der Waals surface area contributed by atoms with Crippen LogP contribution in [0.25, 0.3) is 10.9 Å². The lowest BCUT2D eigenvalue weighted by atomic mass is 10.1. The fourth-order valence-corrected chi connectivity index (χ4v) is 2.00. The minimum atomic E-state index is -1.01. The van der Waals surface area contributed by atoms with Crippen molar-refractivity contribution in [3.63, 3.8) is 0 Å². The number of carboxylic acids is 1. The zero-order valence-corrected chi connectivity index (χ0v) is 9.98. The number of hydrogen-bond acceptors (Lipinski definition) is 3. The number of aryl methyl sites for hydroxylation is 1. The van der Waals surface area contributed by atoms with E-state index in [1.54, 1.807) is 11.7 Å². The Kier molecular flexibility index (Phi) is 3.04. The van der Waals surface area contributed by atoms with Gasteiger partial charge in [0.1, 0.15) is 6.04 Å². The number of carboxylic acid groups (broad SMARTS) is 1. The third kappa shape index (κ3) is 2.25. The summed E-state index contributed by atoms with van der Waals surface area (Å²) in [5.41, 5.74) is 7.21. The molecule has 0 bridgehead atoms. The van der Waals surface area contributed by atoms with E-state index >= 15 is 0 Å². The number of benzene rings is 1. The molecular formula is C11H12ClN3O2. The first-order valence-corrected chi connectivity index (χ1v) is 5.46. The van der Waals surface area contributed by atoms with Gasteiger partial charge in [0.2, 0.25) is 0 Å². The first-order valence-electron chi connectivity index (χ1n) is 5.08. The smallest absolute Gasteiger partial charge is 0.320 e. The molecule has 0 fully saturated rings. The lowest BCUT2D eigenvalue weighted by Gasteiger charge is -2.06. The Hall–Kier alpha value is -1.59. The molecule has 90 valence electrons. The second-order valence-corrected chi connectivity index (χ2v) is 4.27. The van der Waals surface area contributed by atoms with Crippen molar-refractivity contribution < 1.29 is 9.90 Å². The van der Waals surface area contributed by atoms with Crippen LogP contribution in [0.2, 0.25) is 5.15 Å². The molecule has 6 heteroatoms. The molecule has 1 aromatic heterocycles. The topological polar surface area (TPSA) is 81.1 Å². The van der Waals surface area contributed by atoms with Gasteiger partial charge in [-0.1, -0.05) is 17.7 Å². The maximum Gasteiger partial charge on any atom is 0.320 e. The largest absolute Gasteiger partial charge is 0.480 e. The van der Waals surface area contributed by atoms with Crippen LogP contribution in [0.4, 0.5) is 0 Å². The summed E-state index contributed by atoms with van der Waals surface area (Å²) in [4.78, 5) is 10.7. The van der Waals surface area contributed by atoms with Crippen molar-refractivity contribution in [1.82, 2.24) is 9.78 Å². The zero-order chi connectivity index (χ0) is 12.6. The van der Waals surface area contributed by atoms with Gasteiger partial charge in [0.15, 0.2) is 5.15 Å². The number of nitrogens with two attached hydrogens (primary N) is 1. The highest BCUT2D eigenvalue weighted by molar-refractivity contribution is 6.34. The number of fused-ring (bicyclic) bond motifs is 1. The lowest BCUT2D eigenvalue weighted by molar-refractivity contribution is -0.138. The van der Waals surface area contributed by atoms with Crippen LogP contribution in [-0.2, 0) is 18.3 Å². The van der Waals surface area contributed by atoms with E-state index < -0.39 is 12.0 Å². The fraction of sp³-hybridized carbons (Fsp3) is 0.273. The van der Waals surface area contributed by atoms with Gasteiger partial charge >= 0.3 is 5.97 Å². The molecule has 0 aliphatic carbocycles. The number of halogens is 1. The second-order valence-electron chi connectivity index (χ2n) is 3.91. The van der Waals surface area contributed by atoms with Crippen molar-refractivity contribution in [3.8, 4) is 0 Å². The summed E-state index contributed by atoms with van der Waals surface area (Å²) in [6.07, 6.45) is 0.286. The van der Waals surface area contributed by atoms with Crippen LogP contribution in [0.15, 0.2) is 18.2 Å². The van der Waals surface area contributed by atoms with Gasteiger partial charge in [0.05, 0.1) is 5.52 Å². The number of carbonyl (C=O) groups is 1. The number of nitrogens with zero attached hydrogens (tertiary/aromatic N) is 2. The predicted octanol–water partition coefficient (Wildman–Crippen LogP) is 1.18. The quantitative estimate of drug-likeness (QED) is 0.861. The van der Waals surface area contributed by atoms with Gasteiger partial charge in [-0.15, -0.1) is 0 Å². The molecule has 0 radical (unpaired) electrons. The van der Waals surface area contributed by atoms with E-state index in [-0.39, 0.29) is 6.42 Å². The average Bonchev–Trinajstić information content (AvgIpc) is 2.54. The SMILES string of the molecule is Cn1nc(Cl)c2ccc(CC(N)C(=O)O)cc21. The van der Waals surface area contributed by atoms with Crippen molar-refractivity contribution in [2.24, 2.45) is 12.8 Å². The van der Waals surface area contributed by atoms with Crippen LogP contribution in [0.3, 0.4) is 0 Å². The summed E-state index contributed by atoms with van der Waals surface area (Å²) >= 11 is 5.94. The molecule has 3 N–H and O–H groups in total. The molecule has 2 aromatic rings. The third-order valence-corrected chi connectivity index (χ3v) is 2.92. The van der Waals surface area contributed by atoms with E-state index in [0.29, 0.717) is 5.15 Å². The summed E-state index contributed by atoms with van der Waals surface area (Å²) < 4.78 is 1.66. The minimum Gasteiger partial charge on any atom is -0.480 e. The Balaban J connectivity index is 2.38. The standard InChI is InChI=1S/C11H12ClN3O2/c1-15-9-5-6(4-8(13)11(16)17)2-3-7(9)10(12)14-15/h2-3,5,8H,4,13H2,1H3,(H,16,17). The van der Waals surface area contributed by atoms with Crippen molar-refractivity contribution in [2.75, 3.05) is 0 Å². The first kappa shape index (κ1) is 11.9. The van der Waals surface area contributed by atoms with Gasteiger partial charge in [-0.3, -0.25) is 9.48 Å². The van der Waals surface area contributed by atoms with Crippen LogP contribution < -0.4 is 5.73 Å². The Morgan fingerprint density at radius 2 is 2.35 bits per heavy atom. The Morgan fingerprint density at radius 3 is 3.00 bits per heavy atom. The lowest BCUT2D eigenvalue weighted by Crippen LogP contribution is -2.32. The van der Waals surface area contributed by atoms with Crippen LogP contribution in [-0.4, -0.2) is 26.9 Å². The number of rotatable bonds is 3. The first-order chi connectivity index (χ1) is 7.99. The highest BCUT2D eigenvalue weighted by Gasteiger charge is 2.13. The van der Waals surface area contributed by atoms with E-state index in [0.717, 1.165) is 16.5 Å². The molecule has 1 heterocycles. The number of aromatic nitrogens is 2. The van der Waals surface area contributed by atoms with Crippen LogP contribution >= 0.6 is 11.6 Å². The molecular weight excluding hydrogens is 242 g/mol. The van der Waals surface area contributed by atoms with Gasteiger partial charge in [0.25, 0.3) is 0 Å². The highest BCUT2D eigenvalue weighted by atomic mass is 35.5. The van der Waals surface area contributed by atoms with E-state index in [1.165, 1.54) is 0 Å². The fourth-order valence-electron chi connectivity index (χ4n) is 1.73. The van der Waals surface area contributed by atoms with Crippen LogP contribution in [0.1, 0.15) is 5.56 Å².